The monoisotopic (exact) mass is 1750 g/mol. The number of oxazole rings is 1. The van der Waals surface area contributed by atoms with Crippen LogP contribution in [0.1, 0.15) is 247 Å². The lowest BCUT2D eigenvalue weighted by Gasteiger charge is -2.13. The molecule has 0 fully saturated rings. The average molecular weight is 1750 g/mol. The zero-order valence-corrected chi connectivity index (χ0v) is 82.4. The molecule has 0 bridgehead atoms. The van der Waals surface area contributed by atoms with E-state index >= 15 is 0 Å². The number of aromatic carboxylic acids is 3. The second-order valence-electron chi connectivity index (χ2n) is 31.1. The van der Waals surface area contributed by atoms with Gasteiger partial charge in [-0.2, -0.15) is 10.2 Å². The standard InChI is InChI=1S/C16H22N2.3C14H19N3.C12H16N4.C7H10N2O2.C6H7NO3.C6H7NO2S.C2H4O2.C2H4S2/c1-8-9(2)13(6)17-15(11(8)4)16-12(5)10(3)14(7)18-16;1-7-8(2)11(5)15-13(9(7)3)14-10(4)12(6)16-17-14;1-7-8(2)10(4)16-13(9(7)3)14-11(5)15-12(6)17-14;1-7-8(2)10(4)15-13(9(7)3)14-16-11(5)12(6)17-14;1-6-7(2)9(4)13-11(8(6)3)12-14-10(5)15-16-12;1-4-5(2)9(3)6(8-4)7(10)11;2*1-3-4(2)10-5(7-3)6(8)9;2*1-2(3)4/h18H,1-7H3;1-6H3,(H,16,17);1-6H3,(H,15,17);1-6H3,(H,16,17);1-5H3,(H,14,15,16);1-3H3,(H,10,11);2*1-2H3,(H,8,9);2*1H3,(H,3,4). The van der Waals surface area contributed by atoms with Crippen LogP contribution in [0, 0.1) is 249 Å². The minimum absolute atomic E-state index is 0.0972. The third kappa shape index (κ3) is 26.6. The fourth-order valence-corrected chi connectivity index (χ4v) is 13.0. The molecule has 0 saturated heterocycles. The molecule has 13 aromatic rings. The first-order chi connectivity index (χ1) is 57.3. The van der Waals surface area contributed by atoms with Crippen molar-refractivity contribution in [1.29, 1.82) is 0 Å². The molecule has 0 unspecified atom stereocenters. The van der Waals surface area contributed by atoms with Crippen LogP contribution in [-0.2, 0) is 11.8 Å². The van der Waals surface area contributed by atoms with E-state index in [1.165, 1.54) is 117 Å². The van der Waals surface area contributed by atoms with Gasteiger partial charge in [0, 0.05) is 80.0 Å². The predicted molar refractivity (Wildman–Crippen MR) is 503 cm³/mol. The fraction of sp³-hybridized carbons (Fsp3) is 0.419. The maximum Gasteiger partial charge on any atom is 0.392 e. The van der Waals surface area contributed by atoms with E-state index in [0.717, 1.165) is 143 Å². The van der Waals surface area contributed by atoms with Crippen molar-refractivity contribution in [2.45, 2.75) is 263 Å². The molecule has 666 valence electrons. The number of thiazole rings is 1. The molecular formula is C93H127N19O9S3. The summed E-state index contributed by atoms with van der Waals surface area (Å²) in [5.41, 5.74) is 45.0. The first kappa shape index (κ1) is 105. The van der Waals surface area contributed by atoms with Gasteiger partial charge in [-0.3, -0.25) is 29.9 Å². The van der Waals surface area contributed by atoms with E-state index in [2.05, 4.69) is 252 Å². The van der Waals surface area contributed by atoms with Crippen molar-refractivity contribution in [3.8, 4) is 57.2 Å². The first-order valence-electron chi connectivity index (χ1n) is 40.2. The summed E-state index contributed by atoms with van der Waals surface area (Å²) in [4.78, 5) is 99.2. The van der Waals surface area contributed by atoms with Crippen LogP contribution in [0.2, 0.25) is 0 Å². The SMILES string of the molecule is CC(=O)O.CC(=S)S.Cc1nc(-c2[nH]c(C)c(C)c2C)c(C)c(C)c1C.Cc1nc(-c2n[nH]c(C)c2C)c(C)c(C)c1C.Cc1nc(-c2nc(C)c(C)c(C)c2C)[nH]c1C.Cc1nc(-c2nc(C)c(C)c(C)c2C)c(C)[nH]1.Cc1nc(-c2nc(C)c(C)c(C)c2C)n[nH]1.Cc1nc(C(=O)O)n(C)c1C.Cc1nc(C(=O)O)oc1C.Cc1nc(C(=O)O)sc1C. The van der Waals surface area contributed by atoms with Crippen LogP contribution >= 0.6 is 36.2 Å². The number of carboxylic acid groups (broad SMARTS) is 4. The van der Waals surface area contributed by atoms with E-state index in [1.54, 1.807) is 46.2 Å². The Morgan fingerprint density at radius 3 is 1.06 bits per heavy atom. The number of carboxylic acids is 4. The van der Waals surface area contributed by atoms with Crippen molar-refractivity contribution in [1.82, 2.24) is 94.7 Å². The third-order valence-corrected chi connectivity index (χ3v) is 23.7. The highest BCUT2D eigenvalue weighted by Crippen LogP contribution is 2.34. The number of hydrogen-bond acceptors (Lipinski definition) is 20. The molecule has 0 saturated carbocycles. The van der Waals surface area contributed by atoms with E-state index in [4.69, 9.17) is 44.6 Å². The van der Waals surface area contributed by atoms with Gasteiger partial charge < -0.3 is 44.4 Å². The molecule has 0 amide bonds. The Bertz CT molecular complexity index is 5880. The zero-order chi connectivity index (χ0) is 94.9. The number of imidazole rings is 3. The predicted octanol–water partition coefficient (Wildman–Crippen LogP) is 21.1. The number of aliphatic carboxylic acids is 1. The second-order valence-corrected chi connectivity index (χ2v) is 33.9. The molecule has 9 N–H and O–H groups in total. The van der Waals surface area contributed by atoms with Gasteiger partial charge in [0.05, 0.1) is 45.6 Å². The molecule has 13 aromatic heterocycles. The number of carbonyl (C=O) groups is 4. The summed E-state index contributed by atoms with van der Waals surface area (Å²) in [5, 5.41) is 47.5. The number of rotatable bonds is 8. The van der Waals surface area contributed by atoms with Crippen LogP contribution in [0.5, 0.6) is 0 Å². The minimum atomic E-state index is -1.13. The van der Waals surface area contributed by atoms with E-state index < -0.39 is 23.9 Å². The van der Waals surface area contributed by atoms with Crippen molar-refractivity contribution in [3.05, 3.63) is 219 Å². The summed E-state index contributed by atoms with van der Waals surface area (Å²) >= 11 is 9.31. The van der Waals surface area contributed by atoms with E-state index in [0.29, 0.717) is 21.5 Å². The lowest BCUT2D eigenvalue weighted by atomic mass is 9.99. The molecule has 13 heterocycles. The van der Waals surface area contributed by atoms with Gasteiger partial charge in [-0.15, -0.1) is 24.0 Å². The van der Waals surface area contributed by atoms with Gasteiger partial charge in [-0.25, -0.2) is 54.3 Å². The highest BCUT2D eigenvalue weighted by molar-refractivity contribution is 8.11. The van der Waals surface area contributed by atoms with Crippen LogP contribution < -0.4 is 0 Å². The van der Waals surface area contributed by atoms with Crippen molar-refractivity contribution >= 4 is 64.3 Å². The average Bonchev–Trinajstić information content (AvgIpc) is 1.36. The van der Waals surface area contributed by atoms with Gasteiger partial charge in [0.1, 0.15) is 40.2 Å². The van der Waals surface area contributed by atoms with E-state index in [1.807, 2.05) is 69.2 Å². The van der Waals surface area contributed by atoms with Gasteiger partial charge in [-0.05, 0) is 356 Å². The Hall–Kier alpha value is -11.8. The quantitative estimate of drug-likeness (QED) is 0.0499. The summed E-state index contributed by atoms with van der Waals surface area (Å²) in [5.74, 6) is -0.167. The summed E-state index contributed by atoms with van der Waals surface area (Å²) in [6, 6.07) is 0. The summed E-state index contributed by atoms with van der Waals surface area (Å²) in [6.45, 7) is 76.2. The van der Waals surface area contributed by atoms with Gasteiger partial charge in [0.25, 0.3) is 5.97 Å². The van der Waals surface area contributed by atoms with Crippen molar-refractivity contribution in [2.75, 3.05) is 0 Å². The molecule has 13 rings (SSSR count). The van der Waals surface area contributed by atoms with Crippen molar-refractivity contribution in [3.63, 3.8) is 0 Å². The molecule has 0 spiro atoms. The molecule has 31 heteroatoms. The maximum atomic E-state index is 10.5. The van der Waals surface area contributed by atoms with Crippen LogP contribution in [0.3, 0.4) is 0 Å². The molecule has 124 heavy (non-hydrogen) atoms. The molecule has 0 aliphatic rings. The number of aromatic amines is 5. The normalized spacial score (nSPS) is 10.4. The molecule has 28 nitrogen and oxygen atoms in total. The lowest BCUT2D eigenvalue weighted by Crippen LogP contribution is -2.06. The summed E-state index contributed by atoms with van der Waals surface area (Å²) in [6.07, 6.45) is 0. The first-order valence-corrected chi connectivity index (χ1v) is 41.8. The van der Waals surface area contributed by atoms with Crippen molar-refractivity contribution in [2.24, 2.45) is 7.05 Å². The number of pyridine rings is 5. The zero-order valence-electron chi connectivity index (χ0n) is 79.9. The number of hydrogen-bond donors (Lipinski definition) is 10. The van der Waals surface area contributed by atoms with Gasteiger partial charge in [0.15, 0.2) is 11.6 Å². The van der Waals surface area contributed by atoms with Crippen LogP contribution in [0.25, 0.3) is 57.2 Å². The smallest absolute Gasteiger partial charge is 0.392 e. The topological polar surface area (TPSA) is 414 Å². The Kier molecular flexibility index (Phi) is 37.9. The molecule has 0 aliphatic heterocycles. The molecule has 0 aliphatic carbocycles. The van der Waals surface area contributed by atoms with Gasteiger partial charge in [-0.1, -0.05) is 12.2 Å². The fourth-order valence-electron chi connectivity index (χ4n) is 12.3. The summed E-state index contributed by atoms with van der Waals surface area (Å²) < 4.78 is 7.03. The van der Waals surface area contributed by atoms with E-state index in [-0.39, 0.29) is 16.7 Å². The van der Waals surface area contributed by atoms with Crippen LogP contribution in [0.15, 0.2) is 4.42 Å². The Labute approximate surface area is 744 Å². The number of aromatic nitrogens is 19. The molecule has 0 atom stereocenters. The lowest BCUT2D eigenvalue weighted by molar-refractivity contribution is -0.134. The number of aryl methyl sites for hydroxylation is 17. The third-order valence-electron chi connectivity index (χ3n) is 22.7. The van der Waals surface area contributed by atoms with Crippen LogP contribution in [0.4, 0.5) is 0 Å². The Morgan fingerprint density at radius 1 is 0.347 bits per heavy atom. The molecule has 0 radical (unpaired) electrons. The van der Waals surface area contributed by atoms with Crippen molar-refractivity contribution < 1.29 is 44.0 Å². The van der Waals surface area contributed by atoms with Gasteiger partial charge in [0.2, 0.25) is 10.8 Å². The Morgan fingerprint density at radius 2 is 0.766 bits per heavy atom. The largest absolute Gasteiger partial charge is 0.481 e. The maximum absolute atomic E-state index is 10.5. The second kappa shape index (κ2) is 45.0. The highest BCUT2D eigenvalue weighted by atomic mass is 32.1. The highest BCUT2D eigenvalue weighted by Gasteiger charge is 2.22. The van der Waals surface area contributed by atoms with Crippen LogP contribution in [-0.4, -0.2) is 143 Å². The molecular weight excluding hydrogens is 1620 g/mol. The Balaban J connectivity index is 0.000000296. The minimum Gasteiger partial charge on any atom is -0.481 e. The number of H-pyrrole nitrogens is 5. The summed E-state index contributed by atoms with van der Waals surface area (Å²) in [7, 11) is 1.69. The number of nitrogens with one attached hydrogen (secondary N) is 5. The number of thiol groups is 1. The number of thiocarbonyl (C=S) groups is 1. The van der Waals surface area contributed by atoms with E-state index in [9.17, 15) is 14.4 Å². The van der Waals surface area contributed by atoms with Gasteiger partial charge >= 0.3 is 23.8 Å². The molecule has 0 aromatic carbocycles. The number of nitrogens with zero attached hydrogens (tertiary/aromatic N) is 14.